The molecule has 0 aliphatic rings. The second-order valence-electron chi connectivity index (χ2n) is 3.74. The van der Waals surface area contributed by atoms with Crippen LogP contribution in [0.5, 0.6) is 0 Å². The quantitative estimate of drug-likeness (QED) is 0.830. The van der Waals surface area contributed by atoms with Gasteiger partial charge in [-0.15, -0.1) is 0 Å². The van der Waals surface area contributed by atoms with Crippen LogP contribution in [0.2, 0.25) is 0 Å². The van der Waals surface area contributed by atoms with Crippen LogP contribution >= 0.6 is 15.9 Å². The molecule has 0 amide bonds. The number of rotatable bonds is 6. The van der Waals surface area contributed by atoms with E-state index in [9.17, 15) is 0 Å². The lowest BCUT2D eigenvalue weighted by Gasteiger charge is -1.98. The summed E-state index contributed by atoms with van der Waals surface area (Å²) < 4.78 is 11.0. The Morgan fingerprint density at radius 2 is 2.33 bits per heavy atom. The first-order valence-electron chi connectivity index (χ1n) is 5.58. The normalized spacial score (nSPS) is 10.6. The highest BCUT2D eigenvalue weighted by Gasteiger charge is 2.06. The zero-order valence-electron chi connectivity index (χ0n) is 10.0. The number of nitrogens with zero attached hydrogens (tertiary/aromatic N) is 2. The fourth-order valence-electron chi connectivity index (χ4n) is 1.49. The number of hydrogen-bond donors (Lipinski definition) is 1. The first-order chi connectivity index (χ1) is 8.78. The minimum Gasteiger partial charge on any atom is -0.383 e. The van der Waals surface area contributed by atoms with Crippen molar-refractivity contribution >= 4 is 21.9 Å². The van der Waals surface area contributed by atoms with Crippen LogP contribution in [0, 0.1) is 0 Å². The van der Waals surface area contributed by atoms with Crippen LogP contribution in [-0.4, -0.2) is 30.4 Å². The molecule has 5 nitrogen and oxygen atoms in total. The van der Waals surface area contributed by atoms with Crippen molar-refractivity contribution in [1.29, 1.82) is 0 Å². The topological polar surface area (TPSA) is 60.2 Å². The predicted molar refractivity (Wildman–Crippen MR) is 71.6 cm³/mol. The van der Waals surface area contributed by atoms with Gasteiger partial charge in [0.2, 0.25) is 0 Å². The highest BCUT2D eigenvalue weighted by molar-refractivity contribution is 9.10. The summed E-state index contributed by atoms with van der Waals surface area (Å²) in [5.41, 5.74) is 1.13. The molecule has 18 heavy (non-hydrogen) atoms. The van der Waals surface area contributed by atoms with E-state index >= 15 is 0 Å². The summed E-state index contributed by atoms with van der Waals surface area (Å²) in [5.74, 6) is 0.660. The number of methoxy groups -OCH3 is 1. The van der Waals surface area contributed by atoms with Crippen LogP contribution in [0.25, 0.3) is 0 Å². The first kappa shape index (κ1) is 13.0. The van der Waals surface area contributed by atoms with E-state index in [1.165, 1.54) is 0 Å². The minimum atomic E-state index is 0.428. The zero-order valence-corrected chi connectivity index (χ0v) is 11.6. The summed E-state index contributed by atoms with van der Waals surface area (Å²) in [7, 11) is 1.65. The van der Waals surface area contributed by atoms with Crippen LogP contribution in [0.15, 0.2) is 33.3 Å². The van der Waals surface area contributed by atoms with Crippen molar-refractivity contribution < 1.29 is 9.26 Å². The molecular formula is C12H14BrN3O2. The predicted octanol–water partition coefficient (Wildman–Crippen LogP) is 2.48. The van der Waals surface area contributed by atoms with Gasteiger partial charge in [0, 0.05) is 24.5 Å². The standard InChI is InChI=1S/C12H14BrN3O2/c1-17-6-5-14-12-15-11(16-18-12)8-9-3-2-4-10(13)7-9/h2-4,7H,5-6,8H2,1H3,(H,14,15,16). The third kappa shape index (κ3) is 3.82. The van der Waals surface area contributed by atoms with E-state index in [1.807, 2.05) is 24.3 Å². The number of anilines is 1. The van der Waals surface area contributed by atoms with Crippen molar-refractivity contribution in [3.63, 3.8) is 0 Å². The third-order valence-corrected chi connectivity index (χ3v) is 2.80. The molecule has 6 heteroatoms. The lowest BCUT2D eigenvalue weighted by Crippen LogP contribution is -2.07. The van der Waals surface area contributed by atoms with Gasteiger partial charge in [-0.2, -0.15) is 4.98 Å². The van der Waals surface area contributed by atoms with Crippen molar-refractivity contribution in [3.8, 4) is 0 Å². The molecule has 0 spiro atoms. The SMILES string of the molecule is COCCNc1nc(Cc2cccc(Br)c2)no1. The van der Waals surface area contributed by atoms with E-state index in [0.29, 0.717) is 31.4 Å². The average Bonchev–Trinajstić information content (AvgIpc) is 2.77. The summed E-state index contributed by atoms with van der Waals surface area (Å²) in [6, 6.07) is 8.46. The maximum absolute atomic E-state index is 5.07. The Morgan fingerprint density at radius 1 is 1.44 bits per heavy atom. The Morgan fingerprint density at radius 3 is 3.11 bits per heavy atom. The van der Waals surface area contributed by atoms with Crippen molar-refractivity contribution in [2.45, 2.75) is 6.42 Å². The first-order valence-corrected chi connectivity index (χ1v) is 6.37. The summed E-state index contributed by atoms with van der Waals surface area (Å²) in [6.07, 6.45) is 0.648. The van der Waals surface area contributed by atoms with Gasteiger partial charge in [0.05, 0.1) is 6.61 Å². The molecule has 2 aromatic rings. The fraction of sp³-hybridized carbons (Fsp3) is 0.333. The molecule has 96 valence electrons. The van der Waals surface area contributed by atoms with E-state index in [1.54, 1.807) is 7.11 Å². The lowest BCUT2D eigenvalue weighted by molar-refractivity contribution is 0.210. The van der Waals surface area contributed by atoms with Crippen LogP contribution < -0.4 is 5.32 Å². The smallest absolute Gasteiger partial charge is 0.321 e. The number of aromatic nitrogens is 2. The molecule has 0 radical (unpaired) electrons. The van der Waals surface area contributed by atoms with Gasteiger partial charge in [-0.3, -0.25) is 0 Å². The Labute approximate surface area is 114 Å². The van der Waals surface area contributed by atoms with Crippen molar-refractivity contribution in [2.24, 2.45) is 0 Å². The number of hydrogen-bond acceptors (Lipinski definition) is 5. The molecule has 0 fully saturated rings. The third-order valence-electron chi connectivity index (χ3n) is 2.30. The van der Waals surface area contributed by atoms with E-state index in [0.717, 1.165) is 10.0 Å². The zero-order chi connectivity index (χ0) is 12.8. The molecule has 0 aliphatic carbocycles. The molecule has 0 atom stereocenters. The van der Waals surface area contributed by atoms with E-state index in [-0.39, 0.29) is 0 Å². The number of nitrogens with one attached hydrogen (secondary N) is 1. The Hall–Kier alpha value is -1.40. The van der Waals surface area contributed by atoms with Gasteiger partial charge in [-0.05, 0) is 17.7 Å². The second kappa shape index (κ2) is 6.51. The van der Waals surface area contributed by atoms with Gasteiger partial charge in [-0.25, -0.2) is 0 Å². The highest BCUT2D eigenvalue weighted by Crippen LogP contribution is 2.14. The molecule has 0 bridgehead atoms. The van der Waals surface area contributed by atoms with Crippen molar-refractivity contribution in [2.75, 3.05) is 25.6 Å². The molecule has 1 aromatic carbocycles. The van der Waals surface area contributed by atoms with Crippen LogP contribution in [0.4, 0.5) is 6.01 Å². The molecule has 0 unspecified atom stereocenters. The number of ether oxygens (including phenoxy) is 1. The average molecular weight is 312 g/mol. The van der Waals surface area contributed by atoms with Crippen molar-refractivity contribution in [1.82, 2.24) is 10.1 Å². The van der Waals surface area contributed by atoms with Crippen LogP contribution in [0.1, 0.15) is 11.4 Å². The number of halogens is 1. The summed E-state index contributed by atoms with van der Waals surface area (Å²) in [5, 5.41) is 6.90. The summed E-state index contributed by atoms with van der Waals surface area (Å²) >= 11 is 3.43. The second-order valence-corrected chi connectivity index (χ2v) is 4.66. The van der Waals surface area contributed by atoms with Crippen molar-refractivity contribution in [3.05, 3.63) is 40.1 Å². The molecular weight excluding hydrogens is 298 g/mol. The largest absolute Gasteiger partial charge is 0.383 e. The van der Waals surface area contributed by atoms with E-state index in [2.05, 4.69) is 31.4 Å². The van der Waals surface area contributed by atoms with Gasteiger partial charge in [0.1, 0.15) is 0 Å². The Balaban J connectivity index is 1.94. The van der Waals surface area contributed by atoms with Gasteiger partial charge in [0.15, 0.2) is 5.82 Å². The monoisotopic (exact) mass is 311 g/mol. The minimum absolute atomic E-state index is 0.428. The summed E-state index contributed by atoms with van der Waals surface area (Å²) in [6.45, 7) is 1.25. The lowest BCUT2D eigenvalue weighted by atomic mass is 10.1. The Bertz CT molecular complexity index is 502. The van der Waals surface area contributed by atoms with E-state index in [4.69, 9.17) is 9.26 Å². The maximum atomic E-state index is 5.07. The highest BCUT2D eigenvalue weighted by atomic mass is 79.9. The molecule has 1 N–H and O–H groups in total. The molecule has 1 heterocycles. The molecule has 1 aromatic heterocycles. The molecule has 0 saturated heterocycles. The van der Waals surface area contributed by atoms with Gasteiger partial charge < -0.3 is 14.6 Å². The fourth-order valence-corrected chi connectivity index (χ4v) is 1.93. The van der Waals surface area contributed by atoms with E-state index < -0.39 is 0 Å². The maximum Gasteiger partial charge on any atom is 0.321 e. The van der Waals surface area contributed by atoms with Crippen LogP contribution in [0.3, 0.4) is 0 Å². The molecule has 0 aliphatic heterocycles. The van der Waals surface area contributed by atoms with Gasteiger partial charge in [0.25, 0.3) is 0 Å². The molecule has 2 rings (SSSR count). The van der Waals surface area contributed by atoms with Gasteiger partial charge in [-0.1, -0.05) is 33.2 Å². The summed E-state index contributed by atoms with van der Waals surface area (Å²) in [4.78, 5) is 4.25. The number of benzene rings is 1. The van der Waals surface area contributed by atoms with Gasteiger partial charge >= 0.3 is 6.01 Å². The molecule has 0 saturated carbocycles. The Kier molecular flexibility index (Phi) is 4.72. The van der Waals surface area contributed by atoms with Crippen LogP contribution in [-0.2, 0) is 11.2 Å².